The summed E-state index contributed by atoms with van der Waals surface area (Å²) in [5, 5.41) is 7.09. The number of furan rings is 1. The fourth-order valence-electron chi connectivity index (χ4n) is 2.69. The summed E-state index contributed by atoms with van der Waals surface area (Å²) in [4.78, 5) is 17.2. The molecule has 1 amide bonds. The Morgan fingerprint density at radius 3 is 2.77 bits per heavy atom. The molecule has 0 atom stereocenters. The lowest BCUT2D eigenvalue weighted by Gasteiger charge is -2.08. The van der Waals surface area contributed by atoms with Gasteiger partial charge in [0.1, 0.15) is 11.5 Å². The van der Waals surface area contributed by atoms with E-state index in [0.717, 1.165) is 0 Å². The second kappa shape index (κ2) is 6.11. The van der Waals surface area contributed by atoms with Gasteiger partial charge in [0.2, 0.25) is 0 Å². The summed E-state index contributed by atoms with van der Waals surface area (Å²) in [7, 11) is 0. The monoisotopic (exact) mass is 351 g/mol. The van der Waals surface area contributed by atoms with Gasteiger partial charge >= 0.3 is 0 Å². The second-order valence-corrected chi connectivity index (χ2v) is 5.90. The quantitative estimate of drug-likeness (QED) is 0.588. The molecule has 4 aromatic rings. The van der Waals surface area contributed by atoms with E-state index in [1.54, 1.807) is 44.2 Å². The van der Waals surface area contributed by atoms with Crippen LogP contribution < -0.4 is 5.32 Å². The Labute approximate surface area is 147 Å². The number of aromatic nitrogens is 2. The van der Waals surface area contributed by atoms with Crippen LogP contribution in [0.5, 0.6) is 0 Å². The summed E-state index contributed by atoms with van der Waals surface area (Å²) in [5.74, 6) is -0.309. The van der Waals surface area contributed by atoms with Gasteiger partial charge in [-0.25, -0.2) is 9.37 Å². The Morgan fingerprint density at radius 1 is 1.19 bits per heavy atom. The van der Waals surface area contributed by atoms with Crippen LogP contribution in [-0.4, -0.2) is 16.0 Å². The average molecular weight is 351 g/mol. The van der Waals surface area contributed by atoms with E-state index in [-0.39, 0.29) is 11.5 Å². The normalized spacial score (nSPS) is 11.0. The van der Waals surface area contributed by atoms with Crippen molar-refractivity contribution in [3.8, 4) is 11.5 Å². The molecule has 4 rings (SSSR count). The first-order chi connectivity index (χ1) is 12.5. The Balaban J connectivity index is 1.79. The maximum atomic E-state index is 13.8. The Kier molecular flexibility index (Phi) is 3.76. The summed E-state index contributed by atoms with van der Waals surface area (Å²) in [6.07, 6.45) is 1.52. The van der Waals surface area contributed by atoms with Crippen molar-refractivity contribution in [3.63, 3.8) is 0 Å². The smallest absolute Gasteiger partial charge is 0.259 e. The van der Waals surface area contributed by atoms with Crippen molar-refractivity contribution in [2.45, 2.75) is 13.8 Å². The van der Waals surface area contributed by atoms with Crippen molar-refractivity contribution in [1.29, 1.82) is 0 Å². The Morgan fingerprint density at radius 2 is 2.04 bits per heavy atom. The number of rotatable bonds is 3. The van der Waals surface area contributed by atoms with Crippen molar-refractivity contribution in [1.82, 2.24) is 10.1 Å². The molecule has 0 saturated heterocycles. The number of aryl methyl sites for hydroxylation is 2. The molecule has 3 heterocycles. The van der Waals surface area contributed by atoms with E-state index in [1.807, 2.05) is 0 Å². The number of fused-ring (bicyclic) bond motifs is 1. The first-order valence-corrected chi connectivity index (χ1v) is 7.91. The average Bonchev–Trinajstić information content (AvgIpc) is 3.28. The first-order valence-electron chi connectivity index (χ1n) is 7.91. The highest BCUT2D eigenvalue weighted by atomic mass is 19.1. The summed E-state index contributed by atoms with van der Waals surface area (Å²) >= 11 is 0. The molecule has 0 spiro atoms. The first kappa shape index (κ1) is 16.0. The number of hydrogen-bond donors (Lipinski definition) is 1. The van der Waals surface area contributed by atoms with Gasteiger partial charge < -0.3 is 14.3 Å². The minimum absolute atomic E-state index is 0.233. The molecule has 26 heavy (non-hydrogen) atoms. The molecule has 0 radical (unpaired) electrons. The molecule has 1 aromatic carbocycles. The number of carbonyl (C=O) groups is 1. The van der Waals surface area contributed by atoms with Crippen LogP contribution >= 0.6 is 0 Å². The van der Waals surface area contributed by atoms with Gasteiger partial charge in [0, 0.05) is 5.69 Å². The van der Waals surface area contributed by atoms with Crippen molar-refractivity contribution >= 4 is 22.7 Å². The predicted octanol–water partition coefficient (Wildman–Crippen LogP) is 4.49. The molecule has 6 nitrogen and oxygen atoms in total. The minimum Gasteiger partial charge on any atom is -0.463 e. The second-order valence-electron chi connectivity index (χ2n) is 5.90. The van der Waals surface area contributed by atoms with Crippen molar-refractivity contribution in [3.05, 3.63) is 65.3 Å². The standard InChI is InChI=1S/C19H14FN3O3/c1-10-5-6-12(8-14(10)20)21-18(24)13-9-15(16-4-3-7-25-16)22-19-17(13)11(2)23-26-19/h3-9H,1-2H3,(H,21,24). The fourth-order valence-corrected chi connectivity index (χ4v) is 2.69. The van der Waals surface area contributed by atoms with Crippen LogP contribution in [0.2, 0.25) is 0 Å². The van der Waals surface area contributed by atoms with Crippen LogP contribution in [0, 0.1) is 19.7 Å². The molecule has 0 aliphatic heterocycles. The van der Waals surface area contributed by atoms with Gasteiger partial charge in [-0.2, -0.15) is 0 Å². The van der Waals surface area contributed by atoms with Crippen LogP contribution in [0.15, 0.2) is 51.6 Å². The molecular formula is C19H14FN3O3. The van der Waals surface area contributed by atoms with Gasteiger partial charge in [-0.05, 0) is 49.7 Å². The van der Waals surface area contributed by atoms with Gasteiger partial charge in [0.25, 0.3) is 11.6 Å². The van der Waals surface area contributed by atoms with Crippen molar-refractivity contribution in [2.24, 2.45) is 0 Å². The molecule has 0 unspecified atom stereocenters. The molecule has 0 bridgehead atoms. The van der Waals surface area contributed by atoms with E-state index in [9.17, 15) is 9.18 Å². The number of benzene rings is 1. The van der Waals surface area contributed by atoms with E-state index in [1.165, 1.54) is 12.3 Å². The number of halogens is 1. The largest absolute Gasteiger partial charge is 0.463 e. The van der Waals surface area contributed by atoms with Crippen LogP contribution in [0.1, 0.15) is 21.6 Å². The lowest BCUT2D eigenvalue weighted by Crippen LogP contribution is -2.13. The van der Waals surface area contributed by atoms with Crippen LogP contribution in [0.3, 0.4) is 0 Å². The number of nitrogens with one attached hydrogen (secondary N) is 1. The van der Waals surface area contributed by atoms with Gasteiger partial charge in [0.15, 0.2) is 5.76 Å². The number of hydrogen-bond acceptors (Lipinski definition) is 5. The number of pyridine rings is 1. The molecule has 7 heteroatoms. The zero-order valence-electron chi connectivity index (χ0n) is 14.0. The number of amides is 1. The maximum Gasteiger partial charge on any atom is 0.259 e. The van der Waals surface area contributed by atoms with Gasteiger partial charge in [-0.3, -0.25) is 4.79 Å². The zero-order valence-corrected chi connectivity index (χ0v) is 14.0. The highest BCUT2D eigenvalue weighted by Gasteiger charge is 2.20. The number of nitrogens with zero attached hydrogens (tertiary/aromatic N) is 2. The van der Waals surface area contributed by atoms with E-state index in [4.69, 9.17) is 8.94 Å². The van der Waals surface area contributed by atoms with E-state index in [2.05, 4.69) is 15.5 Å². The summed E-state index contributed by atoms with van der Waals surface area (Å²) in [6.45, 7) is 3.38. The lowest BCUT2D eigenvalue weighted by molar-refractivity contribution is 0.102. The topological polar surface area (TPSA) is 81.2 Å². The fraction of sp³-hybridized carbons (Fsp3) is 0.105. The van der Waals surface area contributed by atoms with Gasteiger partial charge in [0.05, 0.1) is 22.9 Å². The third-order valence-electron chi connectivity index (χ3n) is 4.07. The SMILES string of the molecule is Cc1ccc(NC(=O)c2cc(-c3ccco3)nc3onc(C)c23)cc1F. The highest BCUT2D eigenvalue weighted by Crippen LogP contribution is 2.28. The molecule has 130 valence electrons. The summed E-state index contributed by atoms with van der Waals surface area (Å²) in [6, 6.07) is 9.58. The van der Waals surface area contributed by atoms with Crippen molar-refractivity contribution in [2.75, 3.05) is 5.32 Å². The predicted molar refractivity (Wildman–Crippen MR) is 93.3 cm³/mol. The third kappa shape index (κ3) is 2.73. The van der Waals surface area contributed by atoms with Crippen LogP contribution in [0.4, 0.5) is 10.1 Å². The van der Waals surface area contributed by atoms with Crippen LogP contribution in [-0.2, 0) is 0 Å². The molecule has 1 N–H and O–H groups in total. The third-order valence-corrected chi connectivity index (χ3v) is 4.07. The van der Waals surface area contributed by atoms with Crippen molar-refractivity contribution < 1.29 is 18.1 Å². The number of carbonyl (C=O) groups excluding carboxylic acids is 1. The molecule has 3 aromatic heterocycles. The van der Waals surface area contributed by atoms with E-state index in [0.29, 0.717) is 39.3 Å². The van der Waals surface area contributed by atoms with Gasteiger partial charge in [-0.15, -0.1) is 0 Å². The van der Waals surface area contributed by atoms with Crippen LogP contribution in [0.25, 0.3) is 22.6 Å². The minimum atomic E-state index is -0.417. The molecule has 0 aliphatic rings. The zero-order chi connectivity index (χ0) is 18.3. The molecular weight excluding hydrogens is 337 g/mol. The Bertz CT molecular complexity index is 1120. The van der Waals surface area contributed by atoms with E-state index < -0.39 is 5.91 Å². The Hall–Kier alpha value is -3.48. The lowest BCUT2D eigenvalue weighted by atomic mass is 10.1. The summed E-state index contributed by atoms with van der Waals surface area (Å²) < 4.78 is 24.3. The molecule has 0 fully saturated rings. The molecule has 0 aliphatic carbocycles. The maximum absolute atomic E-state index is 13.8. The highest BCUT2D eigenvalue weighted by molar-refractivity contribution is 6.12. The summed E-state index contributed by atoms with van der Waals surface area (Å²) in [5.41, 5.74) is 2.40. The van der Waals surface area contributed by atoms with Gasteiger partial charge in [-0.1, -0.05) is 11.2 Å². The molecule has 0 saturated carbocycles. The number of anilines is 1. The van der Waals surface area contributed by atoms with E-state index >= 15 is 0 Å².